The van der Waals surface area contributed by atoms with Gasteiger partial charge in [0.25, 0.3) is 0 Å². The molecule has 0 saturated heterocycles. The molecular weight excluding hydrogens is 297 g/mol. The maximum Gasteiger partial charge on any atom is 1.00 e. The minimum absolute atomic E-state index is 0. The summed E-state index contributed by atoms with van der Waals surface area (Å²) >= 11 is 0. The molecule has 1 aliphatic carbocycles. The van der Waals surface area contributed by atoms with Crippen LogP contribution >= 0.6 is 0 Å². The number of rotatable bonds is 5. The summed E-state index contributed by atoms with van der Waals surface area (Å²) in [7, 11) is 0. The molecule has 1 aliphatic heterocycles. The Kier molecular flexibility index (Phi) is 6.25. The van der Waals surface area contributed by atoms with Gasteiger partial charge in [0, 0.05) is 30.9 Å². The molecule has 2 N–H and O–H groups in total. The number of hydrogen-bond donors (Lipinski definition) is 2. The SMILES string of the molecule is O=C([O-])C[C@H]1[C@H](O)C[C@@H]1NCc1ccc2c(c1)CCO2.[K+]. The van der Waals surface area contributed by atoms with Crippen molar-refractivity contribution in [3.63, 3.8) is 0 Å². The maximum absolute atomic E-state index is 10.6. The van der Waals surface area contributed by atoms with Crippen LogP contribution in [0.2, 0.25) is 0 Å². The van der Waals surface area contributed by atoms with E-state index in [4.69, 9.17) is 4.74 Å². The summed E-state index contributed by atoms with van der Waals surface area (Å²) in [5, 5.41) is 23.6. The Morgan fingerprint density at radius 3 is 3.00 bits per heavy atom. The van der Waals surface area contributed by atoms with Crippen molar-refractivity contribution in [2.75, 3.05) is 6.61 Å². The number of fused-ring (bicyclic) bond motifs is 1. The van der Waals surface area contributed by atoms with Crippen molar-refractivity contribution in [3.8, 4) is 5.75 Å². The molecule has 21 heavy (non-hydrogen) atoms. The van der Waals surface area contributed by atoms with E-state index in [0.29, 0.717) is 13.0 Å². The fourth-order valence-corrected chi connectivity index (χ4v) is 2.99. The van der Waals surface area contributed by atoms with Gasteiger partial charge in [-0.2, -0.15) is 0 Å². The number of aliphatic hydroxyl groups is 1. The van der Waals surface area contributed by atoms with Crippen molar-refractivity contribution in [1.82, 2.24) is 5.32 Å². The molecule has 1 heterocycles. The van der Waals surface area contributed by atoms with Crippen LogP contribution in [0.3, 0.4) is 0 Å². The number of aliphatic hydroxyl groups excluding tert-OH is 1. The Labute approximate surface area is 166 Å². The van der Waals surface area contributed by atoms with Crippen LogP contribution < -0.4 is 66.5 Å². The molecule has 0 bridgehead atoms. The van der Waals surface area contributed by atoms with Crippen molar-refractivity contribution >= 4 is 5.97 Å². The van der Waals surface area contributed by atoms with Crippen LogP contribution in [0, 0.1) is 5.92 Å². The Hall–Kier alpha value is 0.0464. The minimum Gasteiger partial charge on any atom is -0.550 e. The van der Waals surface area contributed by atoms with Gasteiger partial charge >= 0.3 is 51.4 Å². The van der Waals surface area contributed by atoms with Crippen molar-refractivity contribution in [3.05, 3.63) is 29.3 Å². The van der Waals surface area contributed by atoms with E-state index in [1.165, 1.54) is 5.56 Å². The van der Waals surface area contributed by atoms with Crippen LogP contribution in [0.15, 0.2) is 18.2 Å². The molecule has 6 heteroatoms. The van der Waals surface area contributed by atoms with Crippen molar-refractivity contribution in [2.24, 2.45) is 5.92 Å². The van der Waals surface area contributed by atoms with E-state index in [1.807, 2.05) is 12.1 Å². The number of hydrogen-bond acceptors (Lipinski definition) is 5. The van der Waals surface area contributed by atoms with Gasteiger partial charge in [0.2, 0.25) is 0 Å². The smallest absolute Gasteiger partial charge is 0.550 e. The zero-order valence-electron chi connectivity index (χ0n) is 12.2. The van der Waals surface area contributed by atoms with E-state index in [0.717, 1.165) is 24.3 Å². The molecule has 3 rings (SSSR count). The predicted octanol–water partition coefficient (Wildman–Crippen LogP) is -3.40. The average molecular weight is 315 g/mol. The maximum atomic E-state index is 10.6. The van der Waals surface area contributed by atoms with E-state index in [9.17, 15) is 15.0 Å². The zero-order valence-corrected chi connectivity index (χ0v) is 15.3. The molecule has 0 radical (unpaired) electrons. The second-order valence-corrected chi connectivity index (χ2v) is 5.57. The average Bonchev–Trinajstić information content (AvgIpc) is 2.88. The quantitative estimate of drug-likeness (QED) is 0.554. The van der Waals surface area contributed by atoms with Crippen LogP contribution in [0.5, 0.6) is 5.75 Å². The summed E-state index contributed by atoms with van der Waals surface area (Å²) in [4.78, 5) is 10.6. The van der Waals surface area contributed by atoms with E-state index in [2.05, 4.69) is 11.4 Å². The van der Waals surface area contributed by atoms with Gasteiger partial charge in [0.05, 0.1) is 12.7 Å². The molecule has 1 fully saturated rings. The van der Waals surface area contributed by atoms with Gasteiger partial charge in [0.15, 0.2) is 0 Å². The second kappa shape index (κ2) is 7.54. The largest absolute Gasteiger partial charge is 1.00 e. The fraction of sp³-hybridized carbons (Fsp3) is 0.533. The number of benzene rings is 1. The summed E-state index contributed by atoms with van der Waals surface area (Å²) < 4.78 is 5.46. The molecule has 1 aromatic rings. The van der Waals surface area contributed by atoms with Crippen molar-refractivity contribution < 1.29 is 71.1 Å². The van der Waals surface area contributed by atoms with E-state index < -0.39 is 12.1 Å². The number of aliphatic carboxylic acids is 1. The molecule has 1 saturated carbocycles. The normalized spacial score (nSPS) is 26.2. The number of carbonyl (C=O) groups is 1. The van der Waals surface area contributed by atoms with Crippen LogP contribution in [-0.2, 0) is 17.8 Å². The molecule has 0 unspecified atom stereocenters. The van der Waals surface area contributed by atoms with Crippen LogP contribution in [0.4, 0.5) is 0 Å². The molecule has 5 nitrogen and oxygen atoms in total. The zero-order chi connectivity index (χ0) is 14.1. The Morgan fingerprint density at radius 2 is 2.29 bits per heavy atom. The first kappa shape index (κ1) is 17.4. The topological polar surface area (TPSA) is 81.6 Å². The fourth-order valence-electron chi connectivity index (χ4n) is 2.99. The standard InChI is InChI=1S/C15H19NO4.K/c17-13-7-12(11(13)6-15(18)19)16-8-9-1-2-14-10(5-9)3-4-20-14;/h1-2,5,11-13,16-17H,3-4,6-8H2,(H,18,19);/q;+1/p-1/t11-,12+,13-;/m1./s1. The number of carboxylic acids is 1. The molecule has 0 spiro atoms. The van der Waals surface area contributed by atoms with Gasteiger partial charge in [-0.15, -0.1) is 0 Å². The van der Waals surface area contributed by atoms with Gasteiger partial charge in [-0.25, -0.2) is 0 Å². The van der Waals surface area contributed by atoms with Crippen molar-refractivity contribution in [1.29, 1.82) is 0 Å². The molecule has 0 aromatic heterocycles. The third kappa shape index (κ3) is 4.07. The van der Waals surface area contributed by atoms with Gasteiger partial charge in [-0.05, 0) is 30.0 Å². The van der Waals surface area contributed by atoms with E-state index in [-0.39, 0.29) is 69.8 Å². The van der Waals surface area contributed by atoms with E-state index in [1.54, 1.807) is 0 Å². The molecule has 3 atom stereocenters. The molecular formula is C15H18KNO4. The van der Waals surface area contributed by atoms with Gasteiger partial charge in [0.1, 0.15) is 5.75 Å². The third-order valence-corrected chi connectivity index (χ3v) is 4.23. The monoisotopic (exact) mass is 315 g/mol. The summed E-state index contributed by atoms with van der Waals surface area (Å²) in [5.41, 5.74) is 2.38. The minimum atomic E-state index is -1.10. The van der Waals surface area contributed by atoms with Gasteiger partial charge in [-0.1, -0.05) is 12.1 Å². The van der Waals surface area contributed by atoms with E-state index >= 15 is 0 Å². The first-order valence-electron chi connectivity index (χ1n) is 6.99. The predicted molar refractivity (Wildman–Crippen MR) is 70.0 cm³/mol. The summed E-state index contributed by atoms with van der Waals surface area (Å²) in [6.45, 7) is 1.42. The number of carbonyl (C=O) groups excluding carboxylic acids is 1. The number of carboxylic acid groups (broad SMARTS) is 1. The first-order chi connectivity index (χ1) is 9.63. The summed E-state index contributed by atoms with van der Waals surface area (Å²) in [6, 6.07) is 6.17. The van der Waals surface area contributed by atoms with Gasteiger partial charge in [-0.3, -0.25) is 0 Å². The summed E-state index contributed by atoms with van der Waals surface area (Å²) in [6.07, 6.45) is 0.931. The molecule has 0 amide bonds. The number of nitrogens with one attached hydrogen (secondary N) is 1. The van der Waals surface area contributed by atoms with Crippen molar-refractivity contribution in [2.45, 2.75) is 38.0 Å². The van der Waals surface area contributed by atoms with Crippen LogP contribution in [-0.4, -0.2) is 29.8 Å². The Balaban J connectivity index is 0.00000161. The first-order valence-corrected chi connectivity index (χ1v) is 6.99. The van der Waals surface area contributed by atoms with Gasteiger partial charge < -0.3 is 25.1 Å². The Bertz CT molecular complexity index is 522. The number of ether oxygens (including phenoxy) is 1. The van der Waals surface area contributed by atoms with Crippen LogP contribution in [0.25, 0.3) is 0 Å². The Morgan fingerprint density at radius 1 is 1.48 bits per heavy atom. The third-order valence-electron chi connectivity index (χ3n) is 4.23. The second-order valence-electron chi connectivity index (χ2n) is 5.57. The molecule has 108 valence electrons. The molecule has 1 aromatic carbocycles. The molecule has 2 aliphatic rings. The summed E-state index contributed by atoms with van der Waals surface area (Å²) in [5.74, 6) is -0.379. The van der Waals surface area contributed by atoms with Crippen LogP contribution in [0.1, 0.15) is 24.0 Å².